The van der Waals surface area contributed by atoms with Crippen LogP contribution in [0.1, 0.15) is 5.56 Å². The van der Waals surface area contributed by atoms with E-state index in [1.807, 2.05) is 0 Å². The van der Waals surface area contributed by atoms with Gasteiger partial charge in [0.15, 0.2) is 0 Å². The molecule has 0 spiro atoms. The van der Waals surface area contributed by atoms with Crippen molar-refractivity contribution in [3.05, 3.63) is 23.8 Å². The van der Waals surface area contributed by atoms with Crippen molar-refractivity contribution in [1.82, 2.24) is 0 Å². The van der Waals surface area contributed by atoms with Gasteiger partial charge in [-0.1, -0.05) is 0 Å². The lowest BCUT2D eigenvalue weighted by Gasteiger charge is -2.04. The topological polar surface area (TPSA) is 113 Å². The molecule has 5 heteroatoms. The van der Waals surface area contributed by atoms with E-state index < -0.39 is 5.91 Å². The molecule has 1 rings (SSSR count). The molecule has 0 heterocycles. The second-order valence-corrected chi connectivity index (χ2v) is 2.51. The zero-order chi connectivity index (χ0) is 10.0. The van der Waals surface area contributed by atoms with Gasteiger partial charge in [0.2, 0.25) is 0 Å². The summed E-state index contributed by atoms with van der Waals surface area (Å²) in [5.74, 6) is -0.865. The number of nitrogen functional groups attached to an aromatic ring is 1. The molecule has 0 fully saturated rings. The molecule has 0 radical (unpaired) electrons. The van der Waals surface area contributed by atoms with E-state index >= 15 is 0 Å². The molecule has 1 aromatic carbocycles. The minimum atomic E-state index is -0.850. The molecule has 6 N–H and O–H groups in total. The molecule has 5 nitrogen and oxygen atoms in total. The Kier molecular flexibility index (Phi) is 2.19. The molecule has 0 aliphatic rings. The van der Waals surface area contributed by atoms with Crippen molar-refractivity contribution in [2.24, 2.45) is 5.73 Å². The van der Waals surface area contributed by atoms with Crippen LogP contribution in [0.25, 0.3) is 0 Å². The summed E-state index contributed by atoms with van der Waals surface area (Å²) in [6, 6.07) is 3.97. The van der Waals surface area contributed by atoms with E-state index in [2.05, 4.69) is 0 Å². The number of hydrogen-bond acceptors (Lipinski definition) is 4. The summed E-state index contributed by atoms with van der Waals surface area (Å²) in [5.41, 5.74) is 10.4. The number of hydrogen-bond donors (Lipinski definition) is 4. The standard InChI is InChI=1S/C8H9N3O2/c9-6-3-4(12)1-2-5(6)7(10)8(11)13/h1-3,10,12H,9H2,(H2,11,13). The highest BCUT2D eigenvalue weighted by atomic mass is 16.3. The Labute approximate surface area is 74.5 Å². The average Bonchev–Trinajstić information content (AvgIpc) is 2.03. The van der Waals surface area contributed by atoms with E-state index in [4.69, 9.17) is 22.0 Å². The first-order valence-electron chi connectivity index (χ1n) is 3.49. The van der Waals surface area contributed by atoms with Gasteiger partial charge in [0.25, 0.3) is 5.91 Å². The number of phenols is 1. The number of carbonyl (C=O) groups excluding carboxylic acids is 1. The highest BCUT2D eigenvalue weighted by molar-refractivity contribution is 6.44. The summed E-state index contributed by atoms with van der Waals surface area (Å²) in [6.45, 7) is 0. The molecule has 68 valence electrons. The number of carbonyl (C=O) groups is 1. The van der Waals surface area contributed by atoms with Gasteiger partial charge in [0.1, 0.15) is 11.5 Å². The van der Waals surface area contributed by atoms with Crippen LogP contribution in [0.5, 0.6) is 5.75 Å². The van der Waals surface area contributed by atoms with E-state index in [1.54, 1.807) is 0 Å². The molecule has 0 saturated heterocycles. The second kappa shape index (κ2) is 3.14. The number of nitrogens with two attached hydrogens (primary N) is 2. The lowest BCUT2D eigenvalue weighted by molar-refractivity contribution is -0.112. The van der Waals surface area contributed by atoms with Crippen molar-refractivity contribution in [3.63, 3.8) is 0 Å². The molecular formula is C8H9N3O2. The first kappa shape index (κ1) is 9.05. The Balaban J connectivity index is 3.16. The van der Waals surface area contributed by atoms with Gasteiger partial charge in [0.05, 0.1) is 0 Å². The van der Waals surface area contributed by atoms with E-state index in [0.29, 0.717) is 0 Å². The maximum Gasteiger partial charge on any atom is 0.267 e. The SMILES string of the molecule is N=C(C(N)=O)c1ccc(O)cc1N. The number of aromatic hydroxyl groups is 1. The Hall–Kier alpha value is -2.04. The van der Waals surface area contributed by atoms with E-state index in [9.17, 15) is 4.79 Å². The Morgan fingerprint density at radius 1 is 1.46 bits per heavy atom. The number of rotatable bonds is 2. The van der Waals surface area contributed by atoms with E-state index in [-0.39, 0.29) is 22.7 Å². The summed E-state index contributed by atoms with van der Waals surface area (Å²) in [4.78, 5) is 10.6. The third-order valence-corrected chi connectivity index (χ3v) is 1.55. The van der Waals surface area contributed by atoms with Crippen LogP contribution in [0.4, 0.5) is 5.69 Å². The molecule has 0 bridgehead atoms. The normalized spacial score (nSPS) is 9.54. The summed E-state index contributed by atoms with van der Waals surface area (Å²) in [7, 11) is 0. The molecule has 0 saturated carbocycles. The first-order valence-corrected chi connectivity index (χ1v) is 3.49. The van der Waals surface area contributed by atoms with Gasteiger partial charge in [-0.15, -0.1) is 0 Å². The van der Waals surface area contributed by atoms with Gasteiger partial charge in [-0.25, -0.2) is 0 Å². The van der Waals surface area contributed by atoms with Gasteiger partial charge >= 0.3 is 0 Å². The maximum absolute atomic E-state index is 10.6. The monoisotopic (exact) mass is 179 g/mol. The number of amides is 1. The number of phenolic OH excluding ortho intramolecular Hbond substituents is 1. The van der Waals surface area contributed by atoms with Crippen LogP contribution in [0.3, 0.4) is 0 Å². The zero-order valence-corrected chi connectivity index (χ0v) is 6.74. The van der Waals surface area contributed by atoms with Crippen molar-refractivity contribution in [2.75, 3.05) is 5.73 Å². The van der Waals surface area contributed by atoms with Crippen LogP contribution in [-0.4, -0.2) is 16.7 Å². The van der Waals surface area contributed by atoms with Gasteiger partial charge in [0, 0.05) is 17.3 Å². The Morgan fingerprint density at radius 2 is 2.08 bits per heavy atom. The predicted octanol–water partition coefficient (Wildman–Crippen LogP) is -0.172. The minimum absolute atomic E-state index is 0.0153. The van der Waals surface area contributed by atoms with Gasteiger partial charge in [-0.3, -0.25) is 10.2 Å². The van der Waals surface area contributed by atoms with Crippen molar-refractivity contribution < 1.29 is 9.90 Å². The number of anilines is 1. The third-order valence-electron chi connectivity index (χ3n) is 1.55. The smallest absolute Gasteiger partial charge is 0.267 e. The molecule has 1 amide bonds. The maximum atomic E-state index is 10.6. The summed E-state index contributed by atoms with van der Waals surface area (Å²) in [6.07, 6.45) is 0. The summed E-state index contributed by atoms with van der Waals surface area (Å²) >= 11 is 0. The van der Waals surface area contributed by atoms with Crippen molar-refractivity contribution in [1.29, 1.82) is 5.41 Å². The molecular weight excluding hydrogens is 170 g/mol. The predicted molar refractivity (Wildman–Crippen MR) is 48.5 cm³/mol. The van der Waals surface area contributed by atoms with E-state index in [0.717, 1.165) is 0 Å². The van der Waals surface area contributed by atoms with Crippen molar-refractivity contribution >= 4 is 17.3 Å². The number of benzene rings is 1. The molecule has 0 aliphatic heterocycles. The lowest BCUT2D eigenvalue weighted by Crippen LogP contribution is -2.23. The number of nitrogens with one attached hydrogen (secondary N) is 1. The molecule has 0 aromatic heterocycles. The molecule has 0 unspecified atom stereocenters. The van der Waals surface area contributed by atoms with Crippen LogP contribution in [-0.2, 0) is 4.79 Å². The summed E-state index contributed by atoms with van der Waals surface area (Å²) in [5, 5.41) is 16.3. The van der Waals surface area contributed by atoms with E-state index in [1.165, 1.54) is 18.2 Å². The van der Waals surface area contributed by atoms with Crippen molar-refractivity contribution in [3.8, 4) is 5.75 Å². The number of primary amides is 1. The Bertz CT molecular complexity index is 374. The third kappa shape index (κ3) is 1.76. The fourth-order valence-electron chi connectivity index (χ4n) is 0.911. The fourth-order valence-corrected chi connectivity index (χ4v) is 0.911. The molecule has 1 aromatic rings. The van der Waals surface area contributed by atoms with Crippen LogP contribution in [0, 0.1) is 5.41 Å². The quantitative estimate of drug-likeness (QED) is 0.373. The lowest BCUT2D eigenvalue weighted by atomic mass is 10.1. The fraction of sp³-hybridized carbons (Fsp3) is 0. The molecule has 0 aliphatic carbocycles. The molecule has 13 heavy (non-hydrogen) atoms. The van der Waals surface area contributed by atoms with Crippen LogP contribution in [0.15, 0.2) is 18.2 Å². The average molecular weight is 179 g/mol. The minimum Gasteiger partial charge on any atom is -0.508 e. The first-order chi connectivity index (χ1) is 6.02. The van der Waals surface area contributed by atoms with Gasteiger partial charge in [-0.05, 0) is 12.1 Å². The summed E-state index contributed by atoms with van der Waals surface area (Å²) < 4.78 is 0. The Morgan fingerprint density at radius 3 is 2.54 bits per heavy atom. The highest BCUT2D eigenvalue weighted by Gasteiger charge is 2.10. The van der Waals surface area contributed by atoms with Crippen LogP contribution in [0.2, 0.25) is 0 Å². The van der Waals surface area contributed by atoms with Crippen LogP contribution >= 0.6 is 0 Å². The van der Waals surface area contributed by atoms with Crippen LogP contribution < -0.4 is 11.5 Å². The van der Waals surface area contributed by atoms with Gasteiger partial charge in [-0.2, -0.15) is 0 Å². The van der Waals surface area contributed by atoms with Gasteiger partial charge < -0.3 is 16.6 Å². The molecule has 0 atom stereocenters. The second-order valence-electron chi connectivity index (χ2n) is 2.51. The highest BCUT2D eigenvalue weighted by Crippen LogP contribution is 2.18. The zero-order valence-electron chi connectivity index (χ0n) is 6.74. The largest absolute Gasteiger partial charge is 0.508 e. The van der Waals surface area contributed by atoms with Crippen molar-refractivity contribution in [2.45, 2.75) is 0 Å².